The van der Waals surface area contributed by atoms with Gasteiger partial charge in [-0.2, -0.15) is 0 Å². The lowest BCUT2D eigenvalue weighted by atomic mass is 10.4. The summed E-state index contributed by atoms with van der Waals surface area (Å²) in [6.07, 6.45) is 3.91. The van der Waals surface area contributed by atoms with Crippen LogP contribution in [0.5, 0.6) is 0 Å². The second-order valence-electron chi connectivity index (χ2n) is 1.56. The smallest absolute Gasteiger partial charge is 0.0263 e. The summed E-state index contributed by atoms with van der Waals surface area (Å²) in [5.74, 6) is 0. The van der Waals surface area contributed by atoms with Crippen LogP contribution in [-0.4, -0.2) is 6.54 Å². The largest absolute Gasteiger partial charge is 0.386 e. The highest BCUT2D eigenvalue weighted by Crippen LogP contribution is 1.83. The van der Waals surface area contributed by atoms with Crippen LogP contribution >= 0.6 is 0 Å². The van der Waals surface area contributed by atoms with Crippen molar-refractivity contribution in [1.29, 1.82) is 0 Å². The molecule has 1 nitrogen and oxygen atoms in total. The van der Waals surface area contributed by atoms with Gasteiger partial charge >= 0.3 is 0 Å². The van der Waals surface area contributed by atoms with Gasteiger partial charge in [0.05, 0.1) is 0 Å². The van der Waals surface area contributed by atoms with E-state index in [0.717, 1.165) is 12.2 Å². The highest BCUT2D eigenvalue weighted by molar-refractivity contribution is 5.10. The van der Waals surface area contributed by atoms with Crippen molar-refractivity contribution in [3.05, 3.63) is 24.4 Å². The van der Waals surface area contributed by atoms with Gasteiger partial charge in [-0.15, -0.1) is 0 Å². The van der Waals surface area contributed by atoms with Crippen molar-refractivity contribution in [3.63, 3.8) is 0 Å². The molecule has 0 aromatic rings. The van der Waals surface area contributed by atoms with Crippen LogP contribution in [0.2, 0.25) is 0 Å². The minimum atomic E-state index is 0.948. The summed E-state index contributed by atoms with van der Waals surface area (Å²) in [4.78, 5) is 0. The molecule has 0 heterocycles. The second-order valence-corrected chi connectivity index (χ2v) is 1.56. The van der Waals surface area contributed by atoms with E-state index in [4.69, 9.17) is 0 Å². The molecule has 0 spiro atoms. The van der Waals surface area contributed by atoms with Gasteiger partial charge in [0.25, 0.3) is 0 Å². The number of nitrogens with one attached hydrogen (secondary N) is 1. The molecule has 0 unspecified atom stereocenters. The van der Waals surface area contributed by atoms with Crippen LogP contribution in [0, 0.1) is 0 Å². The maximum absolute atomic E-state index is 3.74. The maximum atomic E-state index is 3.74. The lowest BCUT2D eigenvalue weighted by Crippen LogP contribution is -2.08. The zero-order valence-electron chi connectivity index (χ0n) is 7.57. The Labute approximate surface area is 64.8 Å². The van der Waals surface area contributed by atoms with Gasteiger partial charge in [0.15, 0.2) is 0 Å². The molecule has 0 rings (SSSR count). The first kappa shape index (κ1) is 12.0. The van der Waals surface area contributed by atoms with Crippen LogP contribution in [-0.2, 0) is 0 Å². The highest BCUT2D eigenvalue weighted by Gasteiger charge is 1.77. The summed E-state index contributed by atoms with van der Waals surface area (Å²) in [6.45, 7) is 12.7. The molecule has 0 aliphatic carbocycles. The van der Waals surface area contributed by atoms with E-state index in [1.807, 2.05) is 32.9 Å². The van der Waals surface area contributed by atoms with Gasteiger partial charge < -0.3 is 5.32 Å². The standard InChI is InChI=1S/C7H13N.C2H6/c1-4-6-7(3)8-5-2;1-2/h4,6,8H,3,5H2,1-2H3;1-2H3/b6-4-;. The van der Waals surface area contributed by atoms with Gasteiger partial charge in [-0.3, -0.25) is 0 Å². The van der Waals surface area contributed by atoms with Crippen LogP contribution in [0.4, 0.5) is 0 Å². The van der Waals surface area contributed by atoms with Gasteiger partial charge in [-0.25, -0.2) is 0 Å². The molecular weight excluding hydrogens is 122 g/mol. The fraction of sp³-hybridized carbons (Fsp3) is 0.556. The number of allylic oxidation sites excluding steroid dienone is 2. The summed E-state index contributed by atoms with van der Waals surface area (Å²) in [6, 6.07) is 0. The van der Waals surface area contributed by atoms with Crippen molar-refractivity contribution in [2.45, 2.75) is 27.7 Å². The van der Waals surface area contributed by atoms with E-state index in [9.17, 15) is 0 Å². The van der Waals surface area contributed by atoms with Gasteiger partial charge in [0.2, 0.25) is 0 Å². The summed E-state index contributed by atoms with van der Waals surface area (Å²) in [5.41, 5.74) is 0.981. The molecule has 0 bridgehead atoms. The molecule has 1 N–H and O–H groups in total. The Balaban J connectivity index is 0. The molecule has 0 saturated heterocycles. The van der Waals surface area contributed by atoms with Crippen LogP contribution < -0.4 is 5.32 Å². The summed E-state index contributed by atoms with van der Waals surface area (Å²) >= 11 is 0. The Morgan fingerprint density at radius 3 is 2.30 bits per heavy atom. The van der Waals surface area contributed by atoms with E-state index in [0.29, 0.717) is 0 Å². The van der Waals surface area contributed by atoms with Crippen LogP contribution in [0.3, 0.4) is 0 Å². The Morgan fingerprint density at radius 2 is 2.00 bits per heavy atom. The van der Waals surface area contributed by atoms with Gasteiger partial charge in [0, 0.05) is 12.2 Å². The van der Waals surface area contributed by atoms with Gasteiger partial charge in [-0.05, 0) is 19.9 Å². The van der Waals surface area contributed by atoms with Crippen molar-refractivity contribution in [3.8, 4) is 0 Å². The Morgan fingerprint density at radius 1 is 1.50 bits per heavy atom. The molecule has 0 atom stereocenters. The van der Waals surface area contributed by atoms with E-state index in [1.165, 1.54) is 0 Å². The fourth-order valence-electron chi connectivity index (χ4n) is 0.487. The maximum Gasteiger partial charge on any atom is 0.0263 e. The lowest BCUT2D eigenvalue weighted by Gasteiger charge is -1.97. The van der Waals surface area contributed by atoms with Crippen molar-refractivity contribution in [2.75, 3.05) is 6.54 Å². The Hall–Kier alpha value is -0.720. The first-order valence-electron chi connectivity index (χ1n) is 3.86. The van der Waals surface area contributed by atoms with E-state index in [-0.39, 0.29) is 0 Å². The summed E-state index contributed by atoms with van der Waals surface area (Å²) in [7, 11) is 0. The lowest BCUT2D eigenvalue weighted by molar-refractivity contribution is 0.882. The molecule has 0 aliphatic heterocycles. The van der Waals surface area contributed by atoms with E-state index in [1.54, 1.807) is 0 Å². The van der Waals surface area contributed by atoms with Crippen molar-refractivity contribution >= 4 is 0 Å². The highest BCUT2D eigenvalue weighted by atomic mass is 14.8. The first-order valence-corrected chi connectivity index (χ1v) is 3.86. The third-order valence-electron chi connectivity index (χ3n) is 0.772. The third-order valence-corrected chi connectivity index (χ3v) is 0.772. The zero-order chi connectivity index (χ0) is 8.41. The second kappa shape index (κ2) is 11.1. The molecule has 0 amide bonds. The topological polar surface area (TPSA) is 12.0 Å². The molecular formula is C9H19N. The molecule has 60 valence electrons. The molecule has 0 aromatic heterocycles. The predicted molar refractivity (Wildman–Crippen MR) is 49.0 cm³/mol. The molecule has 0 aliphatic rings. The molecule has 0 radical (unpaired) electrons. The number of hydrogen-bond donors (Lipinski definition) is 1. The number of rotatable bonds is 3. The molecule has 0 aromatic carbocycles. The third kappa shape index (κ3) is 10.3. The van der Waals surface area contributed by atoms with Gasteiger partial charge in [-0.1, -0.05) is 26.5 Å². The molecule has 0 saturated carbocycles. The number of likely N-dealkylation sites (N-methyl/N-ethyl adjacent to an activating group) is 1. The summed E-state index contributed by atoms with van der Waals surface area (Å²) < 4.78 is 0. The fourth-order valence-corrected chi connectivity index (χ4v) is 0.487. The van der Waals surface area contributed by atoms with E-state index >= 15 is 0 Å². The minimum Gasteiger partial charge on any atom is -0.386 e. The first-order chi connectivity index (χ1) is 4.81. The van der Waals surface area contributed by atoms with Crippen molar-refractivity contribution < 1.29 is 0 Å². The van der Waals surface area contributed by atoms with Crippen LogP contribution in [0.1, 0.15) is 27.7 Å². The SMILES string of the molecule is C=C(/C=C\C)NCC.CC. The predicted octanol–water partition coefficient (Wildman–Crippen LogP) is 2.71. The Bertz CT molecular complexity index is 92.9. The summed E-state index contributed by atoms with van der Waals surface area (Å²) in [5, 5.41) is 3.07. The van der Waals surface area contributed by atoms with E-state index in [2.05, 4.69) is 18.8 Å². The zero-order valence-corrected chi connectivity index (χ0v) is 7.57. The quantitative estimate of drug-likeness (QED) is 0.596. The monoisotopic (exact) mass is 141 g/mol. The minimum absolute atomic E-state index is 0.948. The normalized spacial score (nSPS) is 8.40. The van der Waals surface area contributed by atoms with Crippen LogP contribution in [0.15, 0.2) is 24.4 Å². The van der Waals surface area contributed by atoms with Crippen molar-refractivity contribution in [2.24, 2.45) is 0 Å². The van der Waals surface area contributed by atoms with E-state index < -0.39 is 0 Å². The Kier molecular flexibility index (Phi) is 13.4. The average molecular weight is 141 g/mol. The average Bonchev–Trinajstić information content (AvgIpc) is 1.93. The molecule has 1 heteroatoms. The molecule has 10 heavy (non-hydrogen) atoms. The number of hydrogen-bond acceptors (Lipinski definition) is 1. The molecule has 0 fully saturated rings. The van der Waals surface area contributed by atoms with Gasteiger partial charge in [0.1, 0.15) is 0 Å². The van der Waals surface area contributed by atoms with Crippen molar-refractivity contribution in [1.82, 2.24) is 5.32 Å². The van der Waals surface area contributed by atoms with Crippen LogP contribution in [0.25, 0.3) is 0 Å².